The van der Waals surface area contributed by atoms with Crippen molar-refractivity contribution in [2.75, 3.05) is 38.3 Å². The van der Waals surface area contributed by atoms with Crippen molar-refractivity contribution in [1.82, 2.24) is 24.5 Å². The van der Waals surface area contributed by atoms with Crippen LogP contribution in [0.3, 0.4) is 0 Å². The van der Waals surface area contributed by atoms with Crippen molar-refractivity contribution in [3.63, 3.8) is 0 Å². The second-order valence-electron chi connectivity index (χ2n) is 6.68. The van der Waals surface area contributed by atoms with Crippen molar-refractivity contribution >= 4 is 28.9 Å². The molecule has 0 N–H and O–H groups in total. The first-order valence-electron chi connectivity index (χ1n) is 8.98. The molecule has 136 valence electrons. The number of nitrogens with zero attached hydrogens (tertiary/aromatic N) is 7. The van der Waals surface area contributed by atoms with Gasteiger partial charge in [-0.1, -0.05) is 0 Å². The van der Waals surface area contributed by atoms with Crippen LogP contribution in [0.25, 0.3) is 28.2 Å². The van der Waals surface area contributed by atoms with Gasteiger partial charge >= 0.3 is 0 Å². The Bertz CT molecular complexity index is 1080. The molecule has 5 heterocycles. The Balaban J connectivity index is 1.72. The van der Waals surface area contributed by atoms with E-state index in [0.717, 1.165) is 53.0 Å². The molecule has 0 unspecified atom stereocenters. The fourth-order valence-electron chi connectivity index (χ4n) is 3.45. The summed E-state index contributed by atoms with van der Waals surface area (Å²) in [6.45, 7) is 2.99. The lowest BCUT2D eigenvalue weighted by Crippen LogP contribution is -2.37. The van der Waals surface area contributed by atoms with Crippen molar-refractivity contribution in [2.45, 2.75) is 0 Å². The summed E-state index contributed by atoms with van der Waals surface area (Å²) in [4.78, 5) is 21.0. The first-order valence-corrected chi connectivity index (χ1v) is 8.98. The van der Waals surface area contributed by atoms with Crippen LogP contribution in [0.1, 0.15) is 5.82 Å². The fourth-order valence-corrected chi connectivity index (χ4v) is 3.45. The average molecular weight is 362 g/mol. The molecule has 1 saturated heterocycles. The highest BCUT2D eigenvalue weighted by molar-refractivity contribution is 5.90. The molecule has 3 aromatic heterocycles. The van der Waals surface area contributed by atoms with Gasteiger partial charge in [0, 0.05) is 38.1 Å². The molecule has 0 aromatic carbocycles. The molecular formula is C19H20N7O+. The number of hydrogen-bond acceptors (Lipinski definition) is 6. The number of fused-ring (bicyclic) bond motifs is 1. The number of allylic oxidation sites excluding steroid dienone is 1. The molecular weight excluding hydrogens is 342 g/mol. The Morgan fingerprint density at radius 2 is 1.85 bits per heavy atom. The van der Waals surface area contributed by atoms with Crippen LogP contribution in [0, 0.1) is 0 Å². The number of anilines is 1. The lowest BCUT2D eigenvalue weighted by Gasteiger charge is -2.28. The molecule has 0 atom stereocenters. The van der Waals surface area contributed by atoms with E-state index in [0.29, 0.717) is 13.2 Å². The van der Waals surface area contributed by atoms with Crippen LogP contribution >= 0.6 is 0 Å². The molecule has 27 heavy (non-hydrogen) atoms. The summed E-state index contributed by atoms with van der Waals surface area (Å²) in [6.07, 6.45) is 7.59. The Hall–Kier alpha value is -3.13. The van der Waals surface area contributed by atoms with E-state index in [1.54, 1.807) is 12.4 Å². The van der Waals surface area contributed by atoms with Gasteiger partial charge in [-0.25, -0.2) is 15.0 Å². The van der Waals surface area contributed by atoms with E-state index in [1.165, 1.54) is 0 Å². The van der Waals surface area contributed by atoms with E-state index in [9.17, 15) is 0 Å². The molecule has 8 heteroatoms. The predicted octanol–water partition coefficient (Wildman–Crippen LogP) is 1.33. The molecule has 0 saturated carbocycles. The van der Waals surface area contributed by atoms with Gasteiger partial charge in [-0.2, -0.15) is 4.58 Å². The zero-order valence-electron chi connectivity index (χ0n) is 15.3. The third-order valence-corrected chi connectivity index (χ3v) is 5.01. The largest absolute Gasteiger partial charge is 0.378 e. The summed E-state index contributed by atoms with van der Waals surface area (Å²) < 4.78 is 9.58. The van der Waals surface area contributed by atoms with E-state index in [-0.39, 0.29) is 0 Å². The molecule has 0 bridgehead atoms. The van der Waals surface area contributed by atoms with E-state index in [1.807, 2.05) is 47.7 Å². The Morgan fingerprint density at radius 3 is 2.52 bits per heavy atom. The van der Waals surface area contributed by atoms with Gasteiger partial charge in [-0.05, 0) is 12.1 Å². The topological polar surface area (TPSA) is 72.0 Å². The molecule has 3 aromatic rings. The van der Waals surface area contributed by atoms with Crippen LogP contribution in [0.2, 0.25) is 0 Å². The third kappa shape index (κ3) is 2.60. The van der Waals surface area contributed by atoms with Gasteiger partial charge in [0.15, 0.2) is 23.2 Å². The summed E-state index contributed by atoms with van der Waals surface area (Å²) in [5.41, 5.74) is 3.67. The molecule has 2 aliphatic heterocycles. The number of aryl methyl sites for hydroxylation is 1. The molecule has 5 rings (SSSR count). The van der Waals surface area contributed by atoms with Crippen molar-refractivity contribution in [2.24, 2.45) is 7.05 Å². The summed E-state index contributed by atoms with van der Waals surface area (Å²) in [5, 5.41) is 0. The van der Waals surface area contributed by atoms with Crippen LogP contribution in [-0.4, -0.2) is 68.6 Å². The van der Waals surface area contributed by atoms with Crippen LogP contribution in [-0.2, 0) is 11.8 Å². The zero-order chi connectivity index (χ0) is 18.4. The van der Waals surface area contributed by atoms with Crippen molar-refractivity contribution < 1.29 is 9.31 Å². The van der Waals surface area contributed by atoms with E-state index in [4.69, 9.17) is 19.7 Å². The SMILES string of the molecule is Cn1c(-c2ccncc2)nc2c(N3CCOCC3)nc(C3=CC=[N+]3C)nc21. The molecule has 1 fully saturated rings. The predicted molar refractivity (Wildman–Crippen MR) is 103 cm³/mol. The summed E-state index contributed by atoms with van der Waals surface area (Å²) in [6, 6.07) is 3.92. The van der Waals surface area contributed by atoms with Crippen LogP contribution in [0.15, 0.2) is 30.6 Å². The monoisotopic (exact) mass is 362 g/mol. The van der Waals surface area contributed by atoms with Crippen LogP contribution in [0.5, 0.6) is 0 Å². The number of morpholine rings is 1. The second-order valence-corrected chi connectivity index (χ2v) is 6.68. The van der Waals surface area contributed by atoms with Crippen LogP contribution < -0.4 is 4.90 Å². The molecule has 0 amide bonds. The lowest BCUT2D eigenvalue weighted by molar-refractivity contribution is -0.399. The minimum Gasteiger partial charge on any atom is -0.378 e. The minimum absolute atomic E-state index is 0.696. The highest BCUT2D eigenvalue weighted by Gasteiger charge is 2.27. The highest BCUT2D eigenvalue weighted by Crippen LogP contribution is 2.30. The maximum absolute atomic E-state index is 5.52. The number of hydrogen-bond donors (Lipinski definition) is 0. The Kier molecular flexibility index (Phi) is 3.71. The van der Waals surface area contributed by atoms with Gasteiger partial charge < -0.3 is 14.2 Å². The molecule has 8 nitrogen and oxygen atoms in total. The maximum Gasteiger partial charge on any atom is 0.256 e. The number of imidazole rings is 1. The van der Waals surface area contributed by atoms with Crippen LogP contribution in [0.4, 0.5) is 5.82 Å². The standard InChI is InChI=1S/C19H20N7O/c1-24-8-5-14(24)16-22-18-15(19(23-16)26-9-11-27-12-10-26)21-17(25(18)2)13-3-6-20-7-4-13/h3-8H,9-12H2,1-2H3/q+1. The van der Waals surface area contributed by atoms with Gasteiger partial charge in [0.05, 0.1) is 19.3 Å². The van der Waals surface area contributed by atoms with E-state index >= 15 is 0 Å². The van der Waals surface area contributed by atoms with Crippen molar-refractivity contribution in [3.05, 3.63) is 36.4 Å². The first-order chi connectivity index (χ1) is 13.2. The van der Waals surface area contributed by atoms with E-state index in [2.05, 4.69) is 9.88 Å². The van der Waals surface area contributed by atoms with Gasteiger partial charge in [-0.15, -0.1) is 0 Å². The summed E-state index contributed by atoms with van der Waals surface area (Å²) >= 11 is 0. The average Bonchev–Trinajstić information content (AvgIpc) is 3.04. The lowest BCUT2D eigenvalue weighted by atomic mass is 10.2. The summed E-state index contributed by atoms with van der Waals surface area (Å²) in [7, 11) is 4.00. The third-order valence-electron chi connectivity index (χ3n) is 5.01. The van der Waals surface area contributed by atoms with Crippen molar-refractivity contribution in [1.29, 1.82) is 0 Å². The number of aromatic nitrogens is 5. The van der Waals surface area contributed by atoms with E-state index < -0.39 is 0 Å². The highest BCUT2D eigenvalue weighted by atomic mass is 16.5. The smallest absolute Gasteiger partial charge is 0.256 e. The summed E-state index contributed by atoms with van der Waals surface area (Å²) in [5.74, 6) is 2.45. The van der Waals surface area contributed by atoms with Gasteiger partial charge in [0.2, 0.25) is 5.82 Å². The number of rotatable bonds is 3. The first kappa shape index (κ1) is 16.1. The van der Waals surface area contributed by atoms with Gasteiger partial charge in [-0.3, -0.25) is 4.98 Å². The Morgan fingerprint density at radius 1 is 1.07 bits per heavy atom. The normalized spacial score (nSPS) is 16.9. The zero-order valence-corrected chi connectivity index (χ0v) is 15.3. The Labute approximate surface area is 156 Å². The minimum atomic E-state index is 0.696. The van der Waals surface area contributed by atoms with Gasteiger partial charge in [0.25, 0.3) is 5.70 Å². The number of pyridine rings is 1. The molecule has 0 radical (unpaired) electrons. The molecule has 0 spiro atoms. The van der Waals surface area contributed by atoms with Crippen molar-refractivity contribution in [3.8, 4) is 11.4 Å². The molecule has 0 aliphatic carbocycles. The second kappa shape index (κ2) is 6.24. The molecule has 2 aliphatic rings. The quantitative estimate of drug-likeness (QED) is 0.655. The fraction of sp³-hybridized carbons (Fsp3) is 0.316. The van der Waals surface area contributed by atoms with Gasteiger partial charge in [0.1, 0.15) is 12.9 Å². The maximum atomic E-state index is 5.52. The number of ether oxygens (including phenoxy) is 1.